The van der Waals surface area contributed by atoms with Gasteiger partial charge in [0.05, 0.1) is 28.2 Å². The van der Waals surface area contributed by atoms with Gasteiger partial charge in [0.2, 0.25) is 0 Å². The molecule has 0 aliphatic rings. The summed E-state index contributed by atoms with van der Waals surface area (Å²) >= 11 is 9.37. The van der Waals surface area contributed by atoms with Crippen molar-refractivity contribution in [2.75, 3.05) is 11.9 Å². The molecule has 3 nitrogen and oxygen atoms in total. The maximum absolute atomic E-state index is 11.3. The normalized spacial score (nSPS) is 12.0. The van der Waals surface area contributed by atoms with Crippen LogP contribution in [0.2, 0.25) is 5.02 Å². The molecule has 1 aromatic carbocycles. The molecule has 0 saturated carbocycles. The van der Waals surface area contributed by atoms with Gasteiger partial charge in [0.25, 0.3) is 0 Å². The van der Waals surface area contributed by atoms with Crippen molar-refractivity contribution in [3.8, 4) is 0 Å². The quantitative estimate of drug-likeness (QED) is 0.837. The molecule has 0 aromatic heterocycles. The third-order valence-electron chi connectivity index (χ3n) is 2.13. The predicted octanol–water partition coefficient (Wildman–Crippen LogP) is 3.86. The molecule has 1 aromatic rings. The number of carbonyl (C=O) groups excluding carboxylic acids is 1. The van der Waals surface area contributed by atoms with Gasteiger partial charge in [0.15, 0.2) is 0 Å². The zero-order valence-corrected chi connectivity index (χ0v) is 12.1. The first-order valence-corrected chi connectivity index (χ1v) is 6.57. The predicted molar refractivity (Wildman–Crippen MR) is 73.5 cm³/mol. The van der Waals surface area contributed by atoms with Crippen LogP contribution in [0.5, 0.6) is 0 Å². The van der Waals surface area contributed by atoms with Crippen LogP contribution in [0, 0.1) is 0 Å². The molecule has 94 valence electrons. The highest BCUT2D eigenvalue weighted by atomic mass is 79.9. The Morgan fingerprint density at radius 3 is 2.94 bits per heavy atom. The van der Waals surface area contributed by atoms with E-state index in [1.54, 1.807) is 13.0 Å². The highest BCUT2D eigenvalue weighted by Crippen LogP contribution is 2.30. The van der Waals surface area contributed by atoms with Crippen LogP contribution in [0.15, 0.2) is 22.7 Å². The zero-order valence-electron chi connectivity index (χ0n) is 9.80. The van der Waals surface area contributed by atoms with Crippen molar-refractivity contribution in [1.29, 1.82) is 0 Å². The minimum Gasteiger partial charge on any atom is -0.466 e. The van der Waals surface area contributed by atoms with E-state index in [9.17, 15) is 4.79 Å². The summed E-state index contributed by atoms with van der Waals surface area (Å²) in [6, 6.07) is 5.54. The van der Waals surface area contributed by atoms with Crippen molar-refractivity contribution in [2.45, 2.75) is 26.3 Å². The van der Waals surface area contributed by atoms with Gasteiger partial charge in [-0.05, 0) is 41.9 Å². The maximum atomic E-state index is 11.3. The van der Waals surface area contributed by atoms with Gasteiger partial charge in [-0.1, -0.05) is 17.7 Å². The Morgan fingerprint density at radius 2 is 2.29 bits per heavy atom. The molecule has 1 atom stereocenters. The molecule has 0 amide bonds. The number of ether oxygens (including phenoxy) is 1. The first-order valence-electron chi connectivity index (χ1n) is 5.40. The fourth-order valence-electron chi connectivity index (χ4n) is 1.40. The second-order valence-electron chi connectivity index (χ2n) is 3.66. The fourth-order valence-corrected chi connectivity index (χ4v) is 1.96. The average Bonchev–Trinajstić information content (AvgIpc) is 2.25. The monoisotopic (exact) mass is 319 g/mol. The molecule has 5 heteroatoms. The van der Waals surface area contributed by atoms with Crippen molar-refractivity contribution in [2.24, 2.45) is 0 Å². The summed E-state index contributed by atoms with van der Waals surface area (Å²) in [5, 5.41) is 3.85. The van der Waals surface area contributed by atoms with Gasteiger partial charge in [0.1, 0.15) is 0 Å². The number of hydrogen-bond acceptors (Lipinski definition) is 3. The molecule has 0 aliphatic heterocycles. The van der Waals surface area contributed by atoms with E-state index in [4.69, 9.17) is 16.3 Å². The van der Waals surface area contributed by atoms with E-state index < -0.39 is 0 Å². The van der Waals surface area contributed by atoms with Gasteiger partial charge < -0.3 is 10.1 Å². The molecule has 0 saturated heterocycles. The number of rotatable bonds is 5. The Hall–Kier alpha value is -0.740. The lowest BCUT2D eigenvalue weighted by molar-refractivity contribution is -0.143. The Morgan fingerprint density at radius 1 is 1.59 bits per heavy atom. The van der Waals surface area contributed by atoms with E-state index in [0.717, 1.165) is 10.2 Å². The summed E-state index contributed by atoms with van der Waals surface area (Å²) in [5.41, 5.74) is 0.870. The van der Waals surface area contributed by atoms with Crippen molar-refractivity contribution < 1.29 is 9.53 Å². The number of anilines is 1. The first kappa shape index (κ1) is 14.3. The molecular weight excluding hydrogens is 305 g/mol. The molecule has 0 spiro atoms. The molecule has 0 radical (unpaired) electrons. The third-order valence-corrected chi connectivity index (χ3v) is 3.53. The zero-order chi connectivity index (χ0) is 12.8. The van der Waals surface area contributed by atoms with Gasteiger partial charge in [-0.15, -0.1) is 0 Å². The number of halogens is 2. The largest absolute Gasteiger partial charge is 0.466 e. The van der Waals surface area contributed by atoms with Crippen LogP contribution in [-0.4, -0.2) is 18.6 Å². The van der Waals surface area contributed by atoms with Crippen molar-refractivity contribution in [1.82, 2.24) is 0 Å². The SMILES string of the molecule is CCOC(=O)CC(C)Nc1cccc(Cl)c1Br. The fraction of sp³-hybridized carbons (Fsp3) is 0.417. The third kappa shape index (κ3) is 4.56. The lowest BCUT2D eigenvalue weighted by Crippen LogP contribution is -2.21. The summed E-state index contributed by atoms with van der Waals surface area (Å²) in [5.74, 6) is -0.203. The average molecular weight is 321 g/mol. The van der Waals surface area contributed by atoms with E-state index in [-0.39, 0.29) is 12.0 Å². The maximum Gasteiger partial charge on any atom is 0.307 e. The van der Waals surface area contributed by atoms with Crippen LogP contribution in [0.1, 0.15) is 20.3 Å². The number of benzene rings is 1. The van der Waals surface area contributed by atoms with Gasteiger partial charge in [0, 0.05) is 6.04 Å². The van der Waals surface area contributed by atoms with E-state index in [1.807, 2.05) is 19.1 Å². The highest BCUT2D eigenvalue weighted by Gasteiger charge is 2.11. The summed E-state index contributed by atoms with van der Waals surface area (Å²) in [6.45, 7) is 4.13. The molecule has 1 rings (SSSR count). The summed E-state index contributed by atoms with van der Waals surface area (Å²) in [4.78, 5) is 11.3. The van der Waals surface area contributed by atoms with E-state index in [0.29, 0.717) is 18.1 Å². The molecule has 17 heavy (non-hydrogen) atoms. The molecule has 1 unspecified atom stereocenters. The van der Waals surface area contributed by atoms with Crippen LogP contribution in [-0.2, 0) is 9.53 Å². The highest BCUT2D eigenvalue weighted by molar-refractivity contribution is 9.10. The van der Waals surface area contributed by atoms with Gasteiger partial charge >= 0.3 is 5.97 Å². The summed E-state index contributed by atoms with van der Waals surface area (Å²) in [6.07, 6.45) is 0.326. The molecule has 0 aliphatic carbocycles. The van der Waals surface area contributed by atoms with Crippen LogP contribution in [0.25, 0.3) is 0 Å². The van der Waals surface area contributed by atoms with Crippen molar-refractivity contribution in [3.05, 3.63) is 27.7 Å². The van der Waals surface area contributed by atoms with Gasteiger partial charge in [-0.25, -0.2) is 0 Å². The Labute approximate surface area is 115 Å². The topological polar surface area (TPSA) is 38.3 Å². The Bertz CT molecular complexity index is 398. The van der Waals surface area contributed by atoms with E-state index in [1.165, 1.54) is 0 Å². The molecule has 1 N–H and O–H groups in total. The minimum absolute atomic E-state index is 0.0104. The van der Waals surface area contributed by atoms with Gasteiger partial charge in [-0.3, -0.25) is 4.79 Å². The summed E-state index contributed by atoms with van der Waals surface area (Å²) < 4.78 is 5.69. The standard InChI is InChI=1S/C12H15BrClNO2/c1-3-17-11(16)7-8(2)15-10-6-4-5-9(14)12(10)13/h4-6,8,15H,3,7H2,1-2H3. The van der Waals surface area contributed by atoms with Crippen LogP contribution < -0.4 is 5.32 Å². The minimum atomic E-state index is -0.203. The number of esters is 1. The van der Waals surface area contributed by atoms with Crippen LogP contribution in [0.4, 0.5) is 5.69 Å². The number of nitrogens with one attached hydrogen (secondary N) is 1. The second kappa shape index (κ2) is 6.87. The lowest BCUT2D eigenvalue weighted by Gasteiger charge is -2.16. The smallest absolute Gasteiger partial charge is 0.307 e. The van der Waals surface area contributed by atoms with Crippen molar-refractivity contribution >= 4 is 39.2 Å². The molecule has 0 fully saturated rings. The number of hydrogen-bond donors (Lipinski definition) is 1. The van der Waals surface area contributed by atoms with Crippen LogP contribution >= 0.6 is 27.5 Å². The first-order chi connectivity index (χ1) is 8.04. The number of carbonyl (C=O) groups is 1. The summed E-state index contributed by atoms with van der Waals surface area (Å²) in [7, 11) is 0. The van der Waals surface area contributed by atoms with E-state index >= 15 is 0 Å². The van der Waals surface area contributed by atoms with Crippen molar-refractivity contribution in [3.63, 3.8) is 0 Å². The van der Waals surface area contributed by atoms with Crippen LogP contribution in [0.3, 0.4) is 0 Å². The Balaban J connectivity index is 2.59. The van der Waals surface area contributed by atoms with E-state index in [2.05, 4.69) is 21.2 Å². The molecular formula is C12H15BrClNO2. The Kier molecular flexibility index (Phi) is 5.78. The second-order valence-corrected chi connectivity index (χ2v) is 4.86. The van der Waals surface area contributed by atoms with Gasteiger partial charge in [-0.2, -0.15) is 0 Å². The molecule has 0 heterocycles. The lowest BCUT2D eigenvalue weighted by atomic mass is 10.2. The molecule has 0 bridgehead atoms.